The molecule has 4 heterocycles. The fourth-order valence-corrected chi connectivity index (χ4v) is 10.6. The maximum Gasteiger partial charge on any atom is 0.248 e. The number of nitrogens with zero attached hydrogens (tertiary/aromatic N) is 6. The number of carbonyl (C=O) groups is 3. The van der Waals surface area contributed by atoms with Crippen LogP contribution in [-0.2, 0) is 21.1 Å². The van der Waals surface area contributed by atoms with Crippen LogP contribution in [0.1, 0.15) is 6.42 Å². The van der Waals surface area contributed by atoms with Crippen molar-refractivity contribution in [3.8, 4) is 0 Å². The molecule has 0 aliphatic carbocycles. The van der Waals surface area contributed by atoms with Crippen LogP contribution in [0.4, 0.5) is 5.69 Å². The van der Waals surface area contributed by atoms with Gasteiger partial charge in [-0.3, -0.25) is 14.4 Å². The number of hydrogen-bond acceptors (Lipinski definition) is 7. The predicted molar refractivity (Wildman–Crippen MR) is 169 cm³/mol. The number of benzene rings is 2. The van der Waals surface area contributed by atoms with Crippen LogP contribution in [0.25, 0.3) is 11.0 Å². The highest BCUT2D eigenvalue weighted by atomic mass is 79.9. The monoisotopic (exact) mass is 664 g/mol. The number of aliphatic hydroxyl groups is 1. The summed E-state index contributed by atoms with van der Waals surface area (Å²) in [6.45, 7) is 8.04. The van der Waals surface area contributed by atoms with Gasteiger partial charge < -0.3 is 19.8 Å². The normalized spacial score (nSPS) is 27.3. The molecule has 2 bridgehead atoms. The molecule has 0 radical (unpaired) electrons. The Morgan fingerprint density at radius 2 is 1.81 bits per heavy atom. The number of rotatable bonds is 11. The summed E-state index contributed by atoms with van der Waals surface area (Å²) in [4.78, 5) is 47.9. The van der Waals surface area contributed by atoms with Gasteiger partial charge in [0, 0.05) is 35.4 Å². The quantitative estimate of drug-likeness (QED) is 0.248. The van der Waals surface area contributed by atoms with Crippen LogP contribution < -0.4 is 4.90 Å². The van der Waals surface area contributed by atoms with Gasteiger partial charge in [0.2, 0.25) is 17.7 Å². The first-order valence-corrected chi connectivity index (χ1v) is 16.0. The molecule has 1 spiro atoms. The number of alkyl halides is 1. The fraction of sp³-hybridized carbons (Fsp3) is 0.387. The highest BCUT2D eigenvalue weighted by Crippen LogP contribution is 2.68. The number of carbonyl (C=O) groups excluding carboxylic acids is 3. The predicted octanol–water partition coefficient (Wildman–Crippen LogP) is 3.08. The van der Waals surface area contributed by atoms with E-state index in [1.807, 2.05) is 54.6 Å². The average Bonchev–Trinajstić information content (AvgIpc) is 3.73. The van der Waals surface area contributed by atoms with Gasteiger partial charge in [0.15, 0.2) is 0 Å². The number of β-amino-alcohol motifs (C(OH)–C–C–N with tert-alkyl or cyclic N) is 1. The molecule has 3 saturated heterocycles. The maximum absolute atomic E-state index is 14.6. The van der Waals surface area contributed by atoms with Crippen LogP contribution in [-0.4, -0.2) is 94.7 Å². The minimum Gasteiger partial charge on any atom is -0.395 e. The Hall–Kier alpha value is -3.48. The Labute approximate surface area is 262 Å². The van der Waals surface area contributed by atoms with E-state index in [-0.39, 0.29) is 54.2 Å². The molecule has 0 saturated carbocycles. The third kappa shape index (κ3) is 4.79. The van der Waals surface area contributed by atoms with Gasteiger partial charge in [-0.25, -0.2) is 4.68 Å². The Kier molecular flexibility index (Phi) is 8.18. The molecule has 6 rings (SSSR count). The molecule has 10 nitrogen and oxygen atoms in total. The Morgan fingerprint density at radius 3 is 2.53 bits per heavy atom. The highest BCUT2D eigenvalue weighted by Gasteiger charge is 2.76. The SMILES string of the molecule is C=CCN(Cn1nnc2ccccc21)C(=O)C1N(CCO)C(=O)[C@@H]2[C@@H](C(=O)N(CC=C)c3ccccc3)[C@@H]3SC12CC3Br. The van der Waals surface area contributed by atoms with Gasteiger partial charge in [-0.1, -0.05) is 63.6 Å². The molecule has 12 heteroatoms. The summed E-state index contributed by atoms with van der Waals surface area (Å²) in [6.07, 6.45) is 3.86. The van der Waals surface area contributed by atoms with Crippen molar-refractivity contribution < 1.29 is 19.5 Å². The van der Waals surface area contributed by atoms with E-state index in [1.54, 1.807) is 38.4 Å². The molecule has 3 amide bonds. The smallest absolute Gasteiger partial charge is 0.248 e. The summed E-state index contributed by atoms with van der Waals surface area (Å²) in [5.41, 5.74) is 2.21. The van der Waals surface area contributed by atoms with E-state index in [9.17, 15) is 19.5 Å². The first kappa shape index (κ1) is 29.6. The number of aliphatic hydroxyl groups excluding tert-OH is 1. The van der Waals surface area contributed by atoms with Crippen LogP contribution in [0.5, 0.6) is 0 Å². The molecule has 3 aliphatic heterocycles. The lowest BCUT2D eigenvalue weighted by Gasteiger charge is -2.38. The summed E-state index contributed by atoms with van der Waals surface area (Å²) in [7, 11) is 0. The number of aromatic nitrogens is 3. The topological polar surface area (TPSA) is 112 Å². The summed E-state index contributed by atoms with van der Waals surface area (Å²) < 4.78 is 0.813. The fourth-order valence-electron chi connectivity index (χ4n) is 7.01. The second kappa shape index (κ2) is 11.9. The molecule has 2 aromatic carbocycles. The zero-order valence-corrected chi connectivity index (χ0v) is 25.9. The Morgan fingerprint density at radius 1 is 1.09 bits per heavy atom. The zero-order valence-electron chi connectivity index (χ0n) is 23.5. The second-order valence-electron chi connectivity index (χ2n) is 11.1. The molecule has 1 N–H and O–H groups in total. The number of amides is 3. The number of para-hydroxylation sites is 2. The largest absolute Gasteiger partial charge is 0.395 e. The van der Waals surface area contributed by atoms with E-state index in [2.05, 4.69) is 39.4 Å². The van der Waals surface area contributed by atoms with Crippen LogP contribution in [0.15, 0.2) is 79.9 Å². The molecule has 3 unspecified atom stereocenters. The number of hydrogen-bond donors (Lipinski definition) is 1. The summed E-state index contributed by atoms with van der Waals surface area (Å²) in [5, 5.41) is 18.3. The van der Waals surface area contributed by atoms with Gasteiger partial charge in [0.25, 0.3) is 0 Å². The van der Waals surface area contributed by atoms with E-state index in [4.69, 9.17) is 0 Å². The van der Waals surface area contributed by atoms with Crippen molar-refractivity contribution in [2.24, 2.45) is 11.8 Å². The molecule has 3 aromatic rings. The van der Waals surface area contributed by atoms with Crippen molar-refractivity contribution in [2.45, 2.75) is 34.0 Å². The summed E-state index contributed by atoms with van der Waals surface area (Å²) in [6, 6.07) is 16.0. The summed E-state index contributed by atoms with van der Waals surface area (Å²) in [5.74, 6) is -2.06. The average molecular weight is 666 g/mol. The minimum atomic E-state index is -0.871. The van der Waals surface area contributed by atoms with Gasteiger partial charge in [0.05, 0.1) is 28.7 Å². The number of anilines is 1. The molecule has 3 fully saturated rings. The lowest BCUT2D eigenvalue weighted by atomic mass is 9.70. The lowest BCUT2D eigenvalue weighted by Crippen LogP contribution is -2.56. The van der Waals surface area contributed by atoms with E-state index >= 15 is 0 Å². The van der Waals surface area contributed by atoms with E-state index < -0.39 is 22.6 Å². The van der Waals surface area contributed by atoms with Gasteiger partial charge in [0.1, 0.15) is 18.2 Å². The lowest BCUT2D eigenvalue weighted by molar-refractivity contribution is -0.144. The van der Waals surface area contributed by atoms with E-state index in [1.165, 1.54) is 4.90 Å². The van der Waals surface area contributed by atoms with Gasteiger partial charge in [-0.05, 0) is 30.7 Å². The van der Waals surface area contributed by atoms with Gasteiger partial charge in [-0.2, -0.15) is 0 Å². The minimum absolute atomic E-state index is 0.00414. The van der Waals surface area contributed by atoms with Crippen LogP contribution in [0, 0.1) is 11.8 Å². The van der Waals surface area contributed by atoms with Crippen molar-refractivity contribution in [1.82, 2.24) is 24.8 Å². The highest BCUT2D eigenvalue weighted by molar-refractivity contribution is 9.09. The number of likely N-dealkylation sites (tertiary alicyclic amines) is 1. The zero-order chi connectivity index (χ0) is 30.3. The molecular formula is C31H33BrN6O4S. The Balaban J connectivity index is 1.38. The molecular weight excluding hydrogens is 632 g/mol. The second-order valence-corrected chi connectivity index (χ2v) is 13.8. The van der Waals surface area contributed by atoms with Crippen molar-refractivity contribution in [3.05, 3.63) is 79.9 Å². The van der Waals surface area contributed by atoms with Gasteiger partial charge in [-0.15, -0.1) is 30.0 Å². The number of halogens is 1. The molecule has 3 aliphatic rings. The van der Waals surface area contributed by atoms with Gasteiger partial charge >= 0.3 is 0 Å². The van der Waals surface area contributed by atoms with Crippen LogP contribution in [0.3, 0.4) is 0 Å². The van der Waals surface area contributed by atoms with E-state index in [0.717, 1.165) is 11.2 Å². The van der Waals surface area contributed by atoms with Crippen molar-refractivity contribution >= 4 is 62.1 Å². The first-order valence-electron chi connectivity index (χ1n) is 14.2. The molecule has 6 atom stereocenters. The standard InChI is InChI=1S/C31H33BrN6O4S/c1-3-14-35(19-38-23-13-9-8-12-22(23)33-34-38)30(42)27-31-18-21(32)26(43-31)24(25(31)29(41)37(27)16-17-39)28(40)36(15-4-2)20-10-6-5-7-11-20/h3-13,21,24-27,39H,1-2,14-19H2/t21?,24-,25+,26-,27?,31?/m1/s1. The third-order valence-electron chi connectivity index (χ3n) is 8.68. The van der Waals surface area contributed by atoms with Crippen LogP contribution in [0.2, 0.25) is 0 Å². The molecule has 224 valence electrons. The van der Waals surface area contributed by atoms with Crippen molar-refractivity contribution in [1.29, 1.82) is 0 Å². The van der Waals surface area contributed by atoms with Crippen molar-refractivity contribution in [2.75, 3.05) is 31.1 Å². The Bertz CT molecular complexity index is 1570. The third-order valence-corrected chi connectivity index (χ3v) is 11.9. The molecule has 43 heavy (non-hydrogen) atoms. The number of thioether (sulfide) groups is 1. The summed E-state index contributed by atoms with van der Waals surface area (Å²) >= 11 is 5.39. The van der Waals surface area contributed by atoms with Crippen LogP contribution >= 0.6 is 27.7 Å². The van der Waals surface area contributed by atoms with Crippen molar-refractivity contribution in [3.63, 3.8) is 0 Å². The maximum atomic E-state index is 14.6. The van der Waals surface area contributed by atoms with E-state index in [0.29, 0.717) is 18.5 Å². The number of fused-ring (bicyclic) bond motifs is 2. The first-order chi connectivity index (χ1) is 20.9. The molecule has 1 aromatic heterocycles.